The third-order valence-corrected chi connectivity index (χ3v) is 7.81. The number of benzene rings is 2. The molecule has 0 spiro atoms. The highest BCUT2D eigenvalue weighted by molar-refractivity contribution is 6.42. The molecule has 2 aliphatic rings. The predicted molar refractivity (Wildman–Crippen MR) is 133 cm³/mol. The molecule has 1 saturated carbocycles. The number of hydrogen-bond acceptors (Lipinski definition) is 3. The van der Waals surface area contributed by atoms with E-state index in [9.17, 15) is 0 Å². The summed E-state index contributed by atoms with van der Waals surface area (Å²) in [6, 6.07) is 17.1. The van der Waals surface area contributed by atoms with E-state index in [2.05, 4.69) is 38.9 Å². The van der Waals surface area contributed by atoms with Crippen molar-refractivity contribution in [3.05, 3.63) is 75.4 Å². The van der Waals surface area contributed by atoms with Crippen LogP contribution in [0.2, 0.25) is 15.1 Å². The Balaban J connectivity index is 1.15. The molecule has 1 aliphatic heterocycles. The average Bonchev–Trinajstić information content (AvgIpc) is 3.48. The maximum absolute atomic E-state index is 6.18. The number of nitrogens with zero attached hydrogens (tertiary/aromatic N) is 4. The van der Waals surface area contributed by atoms with Crippen molar-refractivity contribution < 1.29 is 0 Å². The van der Waals surface area contributed by atoms with Gasteiger partial charge in [-0.2, -0.15) is 5.10 Å². The van der Waals surface area contributed by atoms with Crippen molar-refractivity contribution in [3.8, 4) is 11.3 Å². The Morgan fingerprint density at radius 2 is 1.56 bits per heavy atom. The van der Waals surface area contributed by atoms with Crippen LogP contribution < -0.4 is 0 Å². The highest BCUT2D eigenvalue weighted by Gasteiger charge is 2.32. The summed E-state index contributed by atoms with van der Waals surface area (Å²) in [7, 11) is 0. The first-order valence-corrected chi connectivity index (χ1v) is 12.4. The van der Waals surface area contributed by atoms with Gasteiger partial charge in [-0.05, 0) is 55.2 Å². The van der Waals surface area contributed by atoms with Crippen molar-refractivity contribution in [2.24, 2.45) is 0 Å². The average molecular weight is 490 g/mol. The monoisotopic (exact) mass is 488 g/mol. The molecule has 1 aliphatic carbocycles. The van der Waals surface area contributed by atoms with Gasteiger partial charge in [0.05, 0.1) is 21.8 Å². The van der Waals surface area contributed by atoms with E-state index in [1.54, 1.807) is 0 Å². The maximum atomic E-state index is 6.18. The van der Waals surface area contributed by atoms with Gasteiger partial charge in [-0.15, -0.1) is 0 Å². The minimum atomic E-state index is 0.462. The first-order chi connectivity index (χ1) is 15.5. The fraction of sp³-hybridized carbons (Fsp3) is 0.400. The van der Waals surface area contributed by atoms with Crippen LogP contribution >= 0.6 is 34.8 Å². The van der Waals surface area contributed by atoms with Crippen LogP contribution in [0.1, 0.15) is 30.9 Å². The minimum absolute atomic E-state index is 0.462. The largest absolute Gasteiger partial charge is 0.298 e. The number of halogens is 3. The molecule has 2 atom stereocenters. The number of aromatic nitrogens is 2. The lowest BCUT2D eigenvalue weighted by molar-refractivity contribution is 0.0920. The molecule has 0 N–H and O–H groups in total. The summed E-state index contributed by atoms with van der Waals surface area (Å²) in [6.07, 6.45) is 5.69. The lowest BCUT2D eigenvalue weighted by atomic mass is 10.1. The summed E-state index contributed by atoms with van der Waals surface area (Å²) in [4.78, 5) is 5.23. The second kappa shape index (κ2) is 9.74. The van der Waals surface area contributed by atoms with Crippen LogP contribution in [-0.2, 0) is 6.54 Å². The van der Waals surface area contributed by atoms with Crippen LogP contribution in [0.4, 0.5) is 0 Å². The number of piperazine rings is 1. The van der Waals surface area contributed by atoms with Gasteiger partial charge in [0.25, 0.3) is 0 Å². The Labute approximate surface area is 204 Å². The van der Waals surface area contributed by atoms with E-state index in [1.807, 2.05) is 30.3 Å². The van der Waals surface area contributed by atoms with E-state index in [1.165, 1.54) is 24.8 Å². The quantitative estimate of drug-likeness (QED) is 0.413. The van der Waals surface area contributed by atoms with Gasteiger partial charge in [0.15, 0.2) is 0 Å². The molecule has 0 unspecified atom stereocenters. The van der Waals surface area contributed by atoms with Crippen LogP contribution in [0.5, 0.6) is 0 Å². The molecular formula is C25H27Cl3N4. The molecule has 168 valence electrons. The van der Waals surface area contributed by atoms with Crippen molar-refractivity contribution in [1.82, 2.24) is 19.6 Å². The molecule has 0 bridgehead atoms. The molecule has 0 amide bonds. The van der Waals surface area contributed by atoms with E-state index in [-0.39, 0.29) is 0 Å². The maximum Gasteiger partial charge on any atom is 0.0923 e. The summed E-state index contributed by atoms with van der Waals surface area (Å²) >= 11 is 18.2. The molecular weight excluding hydrogens is 463 g/mol. The smallest absolute Gasteiger partial charge is 0.0923 e. The zero-order valence-electron chi connectivity index (χ0n) is 17.9. The standard InChI is InChI=1S/C25H27Cl3N4/c26-20-4-1-18(2-5-20)17-30-11-13-31(14-12-30)21-6-7-22(16-21)32-10-9-25(29-32)19-3-8-23(27)24(28)15-19/h1-5,8-10,15,21-22H,6-7,11-14,16-17H2/t21-,22+/m0/s1. The lowest BCUT2D eigenvalue weighted by Gasteiger charge is -2.38. The molecule has 2 aromatic carbocycles. The summed E-state index contributed by atoms with van der Waals surface area (Å²) in [5, 5.41) is 6.79. The summed E-state index contributed by atoms with van der Waals surface area (Å²) in [5.74, 6) is 0. The van der Waals surface area contributed by atoms with Gasteiger partial charge < -0.3 is 0 Å². The first-order valence-electron chi connectivity index (χ1n) is 11.3. The van der Waals surface area contributed by atoms with Gasteiger partial charge in [-0.1, -0.05) is 53.0 Å². The zero-order valence-corrected chi connectivity index (χ0v) is 20.2. The topological polar surface area (TPSA) is 24.3 Å². The van der Waals surface area contributed by atoms with Gasteiger partial charge in [0.1, 0.15) is 0 Å². The van der Waals surface area contributed by atoms with Crippen molar-refractivity contribution in [1.29, 1.82) is 0 Å². The molecule has 32 heavy (non-hydrogen) atoms. The lowest BCUT2D eigenvalue weighted by Crippen LogP contribution is -2.49. The van der Waals surface area contributed by atoms with Crippen molar-refractivity contribution in [3.63, 3.8) is 0 Å². The molecule has 2 heterocycles. The van der Waals surface area contributed by atoms with Gasteiger partial charge in [0, 0.05) is 55.5 Å². The van der Waals surface area contributed by atoms with Crippen LogP contribution in [-0.4, -0.2) is 51.8 Å². The van der Waals surface area contributed by atoms with E-state index < -0.39 is 0 Å². The molecule has 4 nitrogen and oxygen atoms in total. The fourth-order valence-corrected chi connectivity index (χ4v) is 5.42. The Hall–Kier alpha value is -1.56. The fourth-order valence-electron chi connectivity index (χ4n) is 4.99. The minimum Gasteiger partial charge on any atom is -0.298 e. The van der Waals surface area contributed by atoms with Crippen LogP contribution in [0.15, 0.2) is 54.7 Å². The van der Waals surface area contributed by atoms with E-state index in [4.69, 9.17) is 39.9 Å². The first kappa shape index (κ1) is 22.2. The SMILES string of the molecule is Clc1ccc(CN2CCN([C@H]3CC[C@@H](n4ccc(-c5ccc(Cl)c(Cl)c5)n4)C3)CC2)cc1. The predicted octanol–water partition coefficient (Wildman–Crippen LogP) is 6.42. The highest BCUT2D eigenvalue weighted by Crippen LogP contribution is 2.34. The third-order valence-electron chi connectivity index (χ3n) is 6.82. The molecule has 0 radical (unpaired) electrons. The Morgan fingerprint density at radius 3 is 2.31 bits per heavy atom. The number of rotatable bonds is 5. The Bertz CT molecular complexity index is 1060. The normalized spacial score (nSPS) is 22.5. The molecule has 3 aromatic rings. The summed E-state index contributed by atoms with van der Waals surface area (Å²) < 4.78 is 2.15. The van der Waals surface area contributed by atoms with Crippen molar-refractivity contribution >= 4 is 34.8 Å². The second-order valence-electron chi connectivity index (χ2n) is 8.87. The van der Waals surface area contributed by atoms with Gasteiger partial charge in [0.2, 0.25) is 0 Å². The van der Waals surface area contributed by atoms with E-state index in [0.29, 0.717) is 22.1 Å². The molecule has 2 fully saturated rings. The third kappa shape index (κ3) is 5.00. The summed E-state index contributed by atoms with van der Waals surface area (Å²) in [6.45, 7) is 5.51. The molecule has 1 saturated heterocycles. The Morgan fingerprint density at radius 1 is 0.812 bits per heavy atom. The van der Waals surface area contributed by atoms with E-state index in [0.717, 1.165) is 49.0 Å². The molecule has 1 aromatic heterocycles. The summed E-state index contributed by atoms with van der Waals surface area (Å²) in [5.41, 5.74) is 3.28. The van der Waals surface area contributed by atoms with E-state index >= 15 is 0 Å². The highest BCUT2D eigenvalue weighted by atomic mass is 35.5. The van der Waals surface area contributed by atoms with Crippen LogP contribution in [0.3, 0.4) is 0 Å². The van der Waals surface area contributed by atoms with Gasteiger partial charge in [-0.25, -0.2) is 0 Å². The molecule has 5 rings (SSSR count). The molecule has 7 heteroatoms. The number of hydrogen-bond donors (Lipinski definition) is 0. The van der Waals surface area contributed by atoms with Crippen molar-refractivity contribution in [2.45, 2.75) is 37.9 Å². The van der Waals surface area contributed by atoms with Crippen LogP contribution in [0, 0.1) is 0 Å². The van der Waals surface area contributed by atoms with Gasteiger partial charge in [-0.3, -0.25) is 14.5 Å². The Kier molecular flexibility index (Phi) is 6.77. The second-order valence-corrected chi connectivity index (χ2v) is 10.1. The van der Waals surface area contributed by atoms with Crippen LogP contribution in [0.25, 0.3) is 11.3 Å². The van der Waals surface area contributed by atoms with Crippen molar-refractivity contribution in [2.75, 3.05) is 26.2 Å². The zero-order chi connectivity index (χ0) is 22.1. The van der Waals surface area contributed by atoms with Gasteiger partial charge >= 0.3 is 0 Å².